The molecule has 1 N–H and O–H groups in total. The number of rotatable bonds is 4. The molecule has 0 aliphatic rings. The first kappa shape index (κ1) is 13.2. The maximum Gasteiger partial charge on any atom is 0.251 e. The number of nitrogens with one attached hydrogen (secondary N) is 1. The van der Waals surface area contributed by atoms with Crippen molar-refractivity contribution in [1.82, 2.24) is 5.32 Å². The third kappa shape index (κ3) is 3.97. The smallest absolute Gasteiger partial charge is 0.251 e. The van der Waals surface area contributed by atoms with Crippen LogP contribution in [-0.4, -0.2) is 17.3 Å². The Labute approximate surface area is 106 Å². The number of hydrogen-bond donors (Lipinski definition) is 1. The van der Waals surface area contributed by atoms with Gasteiger partial charge in [-0.05, 0) is 31.9 Å². The van der Waals surface area contributed by atoms with Gasteiger partial charge in [0.15, 0.2) is 0 Å². The molecule has 1 amide bonds. The van der Waals surface area contributed by atoms with Crippen molar-refractivity contribution < 1.29 is 4.79 Å². The number of carbonyl (C=O) groups is 1. The second kappa shape index (κ2) is 6.04. The van der Waals surface area contributed by atoms with Gasteiger partial charge in [-0.25, -0.2) is 0 Å². The maximum atomic E-state index is 11.9. The average Bonchev–Trinajstić information content (AvgIpc) is 2.21. The molecular formula is C13H18BrNO. The normalized spacial score (nSPS) is 12.2. The monoisotopic (exact) mass is 283 g/mol. The molecule has 0 aliphatic heterocycles. The molecule has 3 heteroatoms. The van der Waals surface area contributed by atoms with Gasteiger partial charge >= 0.3 is 0 Å². The van der Waals surface area contributed by atoms with Crippen molar-refractivity contribution in [2.45, 2.75) is 32.0 Å². The zero-order valence-corrected chi connectivity index (χ0v) is 11.6. The Morgan fingerprint density at radius 2 is 2.12 bits per heavy atom. The molecule has 16 heavy (non-hydrogen) atoms. The SMILES string of the molecule is Cc1ccc(C)c(C(=O)NCCC(C)Br)c1. The standard InChI is InChI=1S/C13H18BrNO/c1-9-4-5-10(2)12(8-9)13(16)15-7-6-11(3)14/h4-5,8,11H,6-7H2,1-3H3,(H,15,16). The van der Waals surface area contributed by atoms with Crippen LogP contribution in [0.25, 0.3) is 0 Å². The summed E-state index contributed by atoms with van der Waals surface area (Å²) in [7, 11) is 0. The second-order valence-corrected chi connectivity index (χ2v) is 5.71. The Kier molecular flexibility index (Phi) is 5.00. The molecule has 0 aliphatic carbocycles. The van der Waals surface area contributed by atoms with Crippen molar-refractivity contribution in [3.8, 4) is 0 Å². The van der Waals surface area contributed by atoms with E-state index in [0.717, 1.165) is 23.1 Å². The minimum Gasteiger partial charge on any atom is -0.352 e. The molecule has 0 aromatic heterocycles. The van der Waals surface area contributed by atoms with Crippen LogP contribution >= 0.6 is 15.9 Å². The number of hydrogen-bond acceptors (Lipinski definition) is 1. The Morgan fingerprint density at radius 1 is 1.44 bits per heavy atom. The third-order valence-electron chi connectivity index (χ3n) is 2.47. The molecule has 2 nitrogen and oxygen atoms in total. The van der Waals surface area contributed by atoms with Crippen molar-refractivity contribution in [2.24, 2.45) is 0 Å². The predicted molar refractivity (Wildman–Crippen MR) is 71.3 cm³/mol. The Balaban J connectivity index is 2.62. The van der Waals surface area contributed by atoms with Gasteiger partial charge in [0.25, 0.3) is 5.91 Å². The van der Waals surface area contributed by atoms with Crippen LogP contribution < -0.4 is 5.32 Å². The minimum atomic E-state index is 0.0225. The molecule has 1 rings (SSSR count). The lowest BCUT2D eigenvalue weighted by atomic mass is 10.1. The fourth-order valence-corrected chi connectivity index (χ4v) is 1.69. The number of alkyl halides is 1. The van der Waals surface area contributed by atoms with Crippen molar-refractivity contribution in [1.29, 1.82) is 0 Å². The van der Waals surface area contributed by atoms with E-state index in [2.05, 4.69) is 28.2 Å². The van der Waals surface area contributed by atoms with E-state index in [1.54, 1.807) is 0 Å². The van der Waals surface area contributed by atoms with Crippen molar-refractivity contribution in [3.63, 3.8) is 0 Å². The third-order valence-corrected chi connectivity index (χ3v) is 2.92. The van der Waals surface area contributed by atoms with Crippen LogP contribution in [0.3, 0.4) is 0 Å². The molecule has 0 fully saturated rings. The molecule has 1 unspecified atom stereocenters. The largest absolute Gasteiger partial charge is 0.352 e. The lowest BCUT2D eigenvalue weighted by Crippen LogP contribution is -2.26. The van der Waals surface area contributed by atoms with E-state index in [0.29, 0.717) is 11.4 Å². The van der Waals surface area contributed by atoms with Gasteiger partial charge in [0, 0.05) is 16.9 Å². The predicted octanol–water partition coefficient (Wildman–Crippen LogP) is 3.21. The Hall–Kier alpha value is -0.830. The summed E-state index contributed by atoms with van der Waals surface area (Å²) in [5.74, 6) is 0.0225. The van der Waals surface area contributed by atoms with Gasteiger partial charge in [-0.1, -0.05) is 40.5 Å². The molecule has 0 heterocycles. The van der Waals surface area contributed by atoms with Crippen molar-refractivity contribution in [3.05, 3.63) is 34.9 Å². The Bertz CT molecular complexity index is 374. The van der Waals surface area contributed by atoms with Gasteiger partial charge in [0.2, 0.25) is 0 Å². The van der Waals surface area contributed by atoms with Gasteiger partial charge in [-0.3, -0.25) is 4.79 Å². The first-order chi connectivity index (χ1) is 7.50. The van der Waals surface area contributed by atoms with E-state index in [1.165, 1.54) is 0 Å². The molecule has 88 valence electrons. The highest BCUT2D eigenvalue weighted by atomic mass is 79.9. The van der Waals surface area contributed by atoms with Crippen molar-refractivity contribution >= 4 is 21.8 Å². The van der Waals surface area contributed by atoms with Crippen molar-refractivity contribution in [2.75, 3.05) is 6.54 Å². The highest BCUT2D eigenvalue weighted by Gasteiger charge is 2.08. The van der Waals surface area contributed by atoms with Gasteiger partial charge in [0.1, 0.15) is 0 Å². The second-order valence-electron chi connectivity index (χ2n) is 4.14. The van der Waals surface area contributed by atoms with Crippen LogP contribution in [0.1, 0.15) is 34.8 Å². The summed E-state index contributed by atoms with van der Waals surface area (Å²) in [6, 6.07) is 5.94. The zero-order valence-electron chi connectivity index (χ0n) is 10.0. The lowest BCUT2D eigenvalue weighted by molar-refractivity contribution is 0.0952. The lowest BCUT2D eigenvalue weighted by Gasteiger charge is -2.09. The number of carbonyl (C=O) groups excluding carboxylic acids is 1. The van der Waals surface area contributed by atoms with Gasteiger partial charge in [-0.15, -0.1) is 0 Å². The summed E-state index contributed by atoms with van der Waals surface area (Å²) in [5, 5.41) is 2.93. The molecule has 0 saturated carbocycles. The molecule has 0 spiro atoms. The molecule has 1 atom stereocenters. The topological polar surface area (TPSA) is 29.1 Å². The molecule has 1 aromatic carbocycles. The first-order valence-electron chi connectivity index (χ1n) is 5.50. The molecular weight excluding hydrogens is 266 g/mol. The van der Waals surface area contributed by atoms with E-state index >= 15 is 0 Å². The molecule has 1 aromatic rings. The fraction of sp³-hybridized carbons (Fsp3) is 0.462. The summed E-state index contributed by atoms with van der Waals surface area (Å²) in [5.41, 5.74) is 2.92. The molecule has 0 bridgehead atoms. The van der Waals surface area contributed by atoms with Crippen LogP contribution in [0.15, 0.2) is 18.2 Å². The Morgan fingerprint density at radius 3 is 2.75 bits per heavy atom. The maximum absolute atomic E-state index is 11.9. The van der Waals surface area contributed by atoms with E-state index in [1.807, 2.05) is 32.0 Å². The number of amides is 1. The highest BCUT2D eigenvalue weighted by Crippen LogP contribution is 2.10. The van der Waals surface area contributed by atoms with Gasteiger partial charge in [0.05, 0.1) is 0 Å². The zero-order chi connectivity index (χ0) is 12.1. The van der Waals surface area contributed by atoms with Gasteiger partial charge < -0.3 is 5.32 Å². The summed E-state index contributed by atoms with van der Waals surface area (Å²) in [6.45, 7) is 6.74. The fourth-order valence-electron chi connectivity index (χ4n) is 1.46. The van der Waals surface area contributed by atoms with Crippen LogP contribution in [0, 0.1) is 13.8 Å². The van der Waals surface area contributed by atoms with Crippen LogP contribution in [-0.2, 0) is 0 Å². The quantitative estimate of drug-likeness (QED) is 0.845. The van der Waals surface area contributed by atoms with E-state index in [-0.39, 0.29) is 5.91 Å². The minimum absolute atomic E-state index is 0.0225. The molecule has 0 radical (unpaired) electrons. The van der Waals surface area contributed by atoms with Crippen LogP contribution in [0.5, 0.6) is 0 Å². The highest BCUT2D eigenvalue weighted by molar-refractivity contribution is 9.09. The number of aryl methyl sites for hydroxylation is 2. The van der Waals surface area contributed by atoms with Crippen LogP contribution in [0.2, 0.25) is 0 Å². The van der Waals surface area contributed by atoms with E-state index in [9.17, 15) is 4.79 Å². The van der Waals surface area contributed by atoms with E-state index < -0.39 is 0 Å². The van der Waals surface area contributed by atoms with Crippen LogP contribution in [0.4, 0.5) is 0 Å². The number of benzene rings is 1. The van der Waals surface area contributed by atoms with E-state index in [4.69, 9.17) is 0 Å². The summed E-state index contributed by atoms with van der Waals surface area (Å²) >= 11 is 3.46. The number of halogens is 1. The first-order valence-corrected chi connectivity index (χ1v) is 6.42. The summed E-state index contributed by atoms with van der Waals surface area (Å²) in [6.07, 6.45) is 0.941. The average molecular weight is 284 g/mol. The summed E-state index contributed by atoms with van der Waals surface area (Å²) in [4.78, 5) is 12.3. The molecule has 0 saturated heterocycles. The summed E-state index contributed by atoms with van der Waals surface area (Å²) < 4.78 is 0. The van der Waals surface area contributed by atoms with Gasteiger partial charge in [-0.2, -0.15) is 0 Å².